The van der Waals surface area contributed by atoms with Crippen LogP contribution in [0, 0.1) is 13.8 Å². The van der Waals surface area contributed by atoms with Crippen molar-refractivity contribution in [3.8, 4) is 22.6 Å². The first-order valence-corrected chi connectivity index (χ1v) is 7.38. The number of hydrogen-bond donors (Lipinski definition) is 0. The van der Waals surface area contributed by atoms with Gasteiger partial charge in [0.15, 0.2) is 0 Å². The highest BCUT2D eigenvalue weighted by molar-refractivity contribution is 6.05. The highest BCUT2D eigenvalue weighted by Crippen LogP contribution is 2.44. The Morgan fingerprint density at radius 1 is 0.727 bits per heavy atom. The van der Waals surface area contributed by atoms with Crippen LogP contribution in [0.5, 0.6) is 11.5 Å². The minimum atomic E-state index is 0.842. The van der Waals surface area contributed by atoms with Crippen LogP contribution in [0.15, 0.2) is 48.5 Å². The van der Waals surface area contributed by atoms with E-state index in [0.717, 1.165) is 27.8 Å². The zero-order valence-corrected chi connectivity index (χ0v) is 13.4. The fourth-order valence-electron chi connectivity index (χ4n) is 3.12. The molecule has 0 aliphatic heterocycles. The Labute approximate surface area is 131 Å². The molecule has 112 valence electrons. The minimum Gasteiger partial charge on any atom is -0.496 e. The van der Waals surface area contributed by atoms with Crippen molar-refractivity contribution in [1.29, 1.82) is 0 Å². The van der Waals surface area contributed by atoms with Crippen LogP contribution in [0.3, 0.4) is 0 Å². The molecule has 0 aliphatic carbocycles. The lowest BCUT2D eigenvalue weighted by Gasteiger charge is -2.19. The summed E-state index contributed by atoms with van der Waals surface area (Å²) in [5, 5.41) is 2.19. The molecule has 0 aliphatic rings. The fourth-order valence-corrected chi connectivity index (χ4v) is 3.12. The molecule has 0 radical (unpaired) electrons. The van der Waals surface area contributed by atoms with Gasteiger partial charge in [-0.1, -0.05) is 42.5 Å². The second kappa shape index (κ2) is 5.72. The monoisotopic (exact) mass is 292 g/mol. The molecule has 0 saturated heterocycles. The van der Waals surface area contributed by atoms with Gasteiger partial charge in [-0.3, -0.25) is 0 Å². The Hall–Kier alpha value is -2.48. The van der Waals surface area contributed by atoms with Crippen LogP contribution in [0.25, 0.3) is 21.9 Å². The van der Waals surface area contributed by atoms with Crippen LogP contribution in [0.2, 0.25) is 0 Å². The predicted octanol–water partition coefficient (Wildman–Crippen LogP) is 5.14. The maximum atomic E-state index is 5.69. The summed E-state index contributed by atoms with van der Waals surface area (Å²) in [6.45, 7) is 4.26. The van der Waals surface area contributed by atoms with Gasteiger partial charge in [-0.15, -0.1) is 0 Å². The zero-order chi connectivity index (χ0) is 15.7. The highest BCUT2D eigenvalue weighted by atomic mass is 16.5. The summed E-state index contributed by atoms with van der Waals surface area (Å²) in [7, 11) is 3.42. The number of methoxy groups -OCH3 is 2. The van der Waals surface area contributed by atoms with E-state index in [1.54, 1.807) is 14.2 Å². The van der Waals surface area contributed by atoms with E-state index in [2.05, 4.69) is 44.2 Å². The molecule has 0 atom stereocenters. The summed E-state index contributed by atoms with van der Waals surface area (Å²) in [6, 6.07) is 16.6. The van der Waals surface area contributed by atoms with E-state index in [4.69, 9.17) is 9.47 Å². The molecule has 22 heavy (non-hydrogen) atoms. The summed E-state index contributed by atoms with van der Waals surface area (Å²) in [4.78, 5) is 0. The number of fused-ring (bicyclic) bond motifs is 1. The lowest BCUT2D eigenvalue weighted by molar-refractivity contribution is 0.403. The highest BCUT2D eigenvalue weighted by Gasteiger charge is 2.18. The number of benzene rings is 3. The van der Waals surface area contributed by atoms with E-state index < -0.39 is 0 Å². The molecular formula is C20H20O2. The molecule has 0 aromatic heterocycles. The average Bonchev–Trinajstić information content (AvgIpc) is 2.56. The predicted molar refractivity (Wildman–Crippen MR) is 92.0 cm³/mol. The van der Waals surface area contributed by atoms with Crippen LogP contribution in [-0.4, -0.2) is 14.2 Å². The van der Waals surface area contributed by atoms with Gasteiger partial charge in [-0.05, 0) is 47.6 Å². The van der Waals surface area contributed by atoms with Crippen LogP contribution in [0.1, 0.15) is 11.1 Å². The lowest BCUT2D eigenvalue weighted by atomic mass is 9.89. The lowest BCUT2D eigenvalue weighted by Crippen LogP contribution is -1.98. The average molecular weight is 292 g/mol. The van der Waals surface area contributed by atoms with Gasteiger partial charge in [-0.25, -0.2) is 0 Å². The first-order valence-electron chi connectivity index (χ1n) is 7.38. The molecule has 3 aromatic rings. The molecule has 0 fully saturated rings. The fraction of sp³-hybridized carbons (Fsp3) is 0.200. The van der Waals surface area contributed by atoms with Gasteiger partial charge in [0, 0.05) is 0 Å². The maximum Gasteiger partial charge on any atom is 0.133 e. The maximum absolute atomic E-state index is 5.69. The summed E-state index contributed by atoms with van der Waals surface area (Å²) < 4.78 is 11.3. The van der Waals surface area contributed by atoms with E-state index in [-0.39, 0.29) is 0 Å². The minimum absolute atomic E-state index is 0.842. The van der Waals surface area contributed by atoms with Crippen molar-refractivity contribution in [3.63, 3.8) is 0 Å². The smallest absolute Gasteiger partial charge is 0.133 e. The van der Waals surface area contributed by atoms with Crippen molar-refractivity contribution in [2.75, 3.05) is 14.2 Å². The van der Waals surface area contributed by atoms with Crippen molar-refractivity contribution < 1.29 is 9.47 Å². The summed E-state index contributed by atoms with van der Waals surface area (Å²) in [5.41, 5.74) is 4.85. The normalized spacial score (nSPS) is 10.7. The molecule has 0 saturated carbocycles. The van der Waals surface area contributed by atoms with Crippen LogP contribution in [0.4, 0.5) is 0 Å². The van der Waals surface area contributed by atoms with Gasteiger partial charge in [-0.2, -0.15) is 0 Å². The standard InChI is InChI=1S/C20H20O2/c1-13-14(2)20(22-4)19-16(11-8-12-17(19)21-3)18(13)15-9-6-5-7-10-15/h5-12H,1-4H3. The molecule has 0 spiro atoms. The van der Waals surface area contributed by atoms with Crippen LogP contribution < -0.4 is 9.47 Å². The first kappa shape index (κ1) is 14.5. The van der Waals surface area contributed by atoms with Gasteiger partial charge in [0.2, 0.25) is 0 Å². The molecule has 0 amide bonds. The molecule has 0 heterocycles. The van der Waals surface area contributed by atoms with Crippen LogP contribution in [-0.2, 0) is 0 Å². The van der Waals surface area contributed by atoms with Crippen molar-refractivity contribution in [2.24, 2.45) is 0 Å². The number of hydrogen-bond acceptors (Lipinski definition) is 2. The zero-order valence-electron chi connectivity index (χ0n) is 13.4. The molecule has 2 heteroatoms. The van der Waals surface area contributed by atoms with Crippen LogP contribution >= 0.6 is 0 Å². The largest absolute Gasteiger partial charge is 0.496 e. The van der Waals surface area contributed by atoms with E-state index in [0.29, 0.717) is 0 Å². The Kier molecular flexibility index (Phi) is 3.76. The van der Waals surface area contributed by atoms with E-state index >= 15 is 0 Å². The Morgan fingerprint density at radius 2 is 1.45 bits per heavy atom. The second-order valence-electron chi connectivity index (χ2n) is 5.41. The van der Waals surface area contributed by atoms with E-state index in [9.17, 15) is 0 Å². The molecular weight excluding hydrogens is 272 g/mol. The summed E-state index contributed by atoms with van der Waals surface area (Å²) >= 11 is 0. The van der Waals surface area contributed by atoms with Gasteiger partial charge < -0.3 is 9.47 Å². The third kappa shape index (κ3) is 2.12. The molecule has 2 nitrogen and oxygen atoms in total. The quantitative estimate of drug-likeness (QED) is 0.665. The van der Waals surface area contributed by atoms with Crippen molar-refractivity contribution in [3.05, 3.63) is 59.7 Å². The summed E-state index contributed by atoms with van der Waals surface area (Å²) in [5.74, 6) is 1.74. The molecule has 3 rings (SSSR count). The number of ether oxygens (including phenoxy) is 2. The Balaban J connectivity index is 2.51. The van der Waals surface area contributed by atoms with E-state index in [1.165, 1.54) is 16.7 Å². The Morgan fingerprint density at radius 3 is 2.09 bits per heavy atom. The van der Waals surface area contributed by atoms with Gasteiger partial charge in [0.1, 0.15) is 11.5 Å². The molecule has 3 aromatic carbocycles. The molecule has 0 bridgehead atoms. The SMILES string of the molecule is COc1cccc2c(-c3ccccc3)c(C)c(C)c(OC)c12. The van der Waals surface area contributed by atoms with Gasteiger partial charge in [0.05, 0.1) is 19.6 Å². The van der Waals surface area contributed by atoms with Crippen molar-refractivity contribution >= 4 is 10.8 Å². The molecule has 0 N–H and O–H groups in total. The van der Waals surface area contributed by atoms with Gasteiger partial charge in [0.25, 0.3) is 0 Å². The van der Waals surface area contributed by atoms with E-state index in [1.807, 2.05) is 18.2 Å². The number of rotatable bonds is 3. The third-order valence-corrected chi connectivity index (χ3v) is 4.29. The Bertz CT molecular complexity index is 820. The second-order valence-corrected chi connectivity index (χ2v) is 5.41. The van der Waals surface area contributed by atoms with Crippen molar-refractivity contribution in [2.45, 2.75) is 13.8 Å². The topological polar surface area (TPSA) is 18.5 Å². The molecule has 0 unspecified atom stereocenters. The summed E-state index contributed by atoms with van der Waals surface area (Å²) in [6.07, 6.45) is 0. The third-order valence-electron chi connectivity index (χ3n) is 4.29. The first-order chi connectivity index (χ1) is 10.7. The van der Waals surface area contributed by atoms with Crippen molar-refractivity contribution in [1.82, 2.24) is 0 Å². The van der Waals surface area contributed by atoms with Gasteiger partial charge >= 0.3 is 0 Å².